The van der Waals surface area contributed by atoms with Gasteiger partial charge in [-0.2, -0.15) is 0 Å². The molecule has 0 spiro atoms. The van der Waals surface area contributed by atoms with Crippen LogP contribution in [0.3, 0.4) is 0 Å². The van der Waals surface area contributed by atoms with E-state index in [2.05, 4.69) is 50.5 Å². The first-order valence-electron chi connectivity index (χ1n) is 12.0. The van der Waals surface area contributed by atoms with Crippen LogP contribution in [-0.2, 0) is 16.3 Å². The van der Waals surface area contributed by atoms with Gasteiger partial charge in [0, 0.05) is 68.9 Å². The minimum Gasteiger partial charge on any atom is -0.380 e. The predicted octanol–water partition coefficient (Wildman–Crippen LogP) is 3.88. The molecule has 0 aromatic carbocycles. The Morgan fingerprint density at radius 3 is 2.85 bits per heavy atom. The van der Waals surface area contributed by atoms with Crippen LogP contribution in [0.1, 0.15) is 19.3 Å². The van der Waals surface area contributed by atoms with E-state index in [1.165, 1.54) is 0 Å². The van der Waals surface area contributed by atoms with Gasteiger partial charge in [-0.05, 0) is 31.5 Å². The summed E-state index contributed by atoms with van der Waals surface area (Å²) in [6.45, 7) is 9.99. The van der Waals surface area contributed by atoms with Crippen molar-refractivity contribution in [2.75, 3.05) is 25.0 Å². The molecule has 1 unspecified atom stereocenters. The van der Waals surface area contributed by atoms with Gasteiger partial charge in [0.25, 0.3) is 7.41 Å². The van der Waals surface area contributed by atoms with Gasteiger partial charge in [0.2, 0.25) is 0 Å². The number of anilines is 1. The highest BCUT2D eigenvalue weighted by Crippen LogP contribution is 2.35. The van der Waals surface area contributed by atoms with Gasteiger partial charge in [0.1, 0.15) is 18.7 Å². The van der Waals surface area contributed by atoms with Crippen molar-refractivity contribution in [3.8, 4) is 11.1 Å². The Morgan fingerprint density at radius 2 is 2.09 bits per heavy atom. The van der Waals surface area contributed by atoms with Crippen molar-refractivity contribution in [1.82, 2.24) is 24.3 Å². The van der Waals surface area contributed by atoms with E-state index >= 15 is 0 Å². The minimum absolute atomic E-state index is 0.237. The van der Waals surface area contributed by atoms with Crippen LogP contribution < -0.4 is 5.32 Å². The number of carbonyl (C=O) groups excluding carboxylic acids is 1. The van der Waals surface area contributed by atoms with Gasteiger partial charge in [0.15, 0.2) is 0 Å². The summed E-state index contributed by atoms with van der Waals surface area (Å²) in [6.07, 6.45) is 13.3. The van der Waals surface area contributed by atoms with Crippen LogP contribution >= 0.6 is 0 Å². The molecule has 3 aromatic heterocycles. The second kappa shape index (κ2) is 11.2. The van der Waals surface area contributed by atoms with Gasteiger partial charge < -0.3 is 24.2 Å². The number of hydrogen-bond donors (Lipinski definition) is 1. The minimum atomic E-state index is -1.15. The molecule has 0 aliphatic carbocycles. The molecule has 10 heteroatoms. The summed E-state index contributed by atoms with van der Waals surface area (Å²) < 4.78 is 8.14. The van der Waals surface area contributed by atoms with Crippen molar-refractivity contribution in [2.24, 2.45) is 0 Å². The Labute approximate surface area is 203 Å². The zero-order chi connectivity index (χ0) is 24.0. The molecule has 1 radical (unpaired) electrons. The number of hydrogen-bond acceptors (Lipinski definition) is 7. The predicted molar refractivity (Wildman–Crippen MR) is 140 cm³/mol. The van der Waals surface area contributed by atoms with Crippen molar-refractivity contribution in [3.05, 3.63) is 37.2 Å². The lowest BCUT2D eigenvalue weighted by molar-refractivity contribution is 0.0899. The molecule has 1 N–H and O–H groups in total. The van der Waals surface area contributed by atoms with E-state index in [4.69, 9.17) is 9.72 Å². The van der Waals surface area contributed by atoms with Crippen molar-refractivity contribution < 1.29 is 9.53 Å². The molecule has 1 aliphatic rings. The second-order valence-electron chi connectivity index (χ2n) is 10.2. The zero-order valence-electron chi connectivity index (χ0n) is 20.4. The molecule has 3 aromatic rings. The first-order chi connectivity index (χ1) is 16.4. The Balaban J connectivity index is 1.64. The summed E-state index contributed by atoms with van der Waals surface area (Å²) >= 11 is 0. The Bertz CT molecular complexity index is 1090. The maximum Gasteiger partial charge on any atom is 0.293 e. The van der Waals surface area contributed by atoms with E-state index in [9.17, 15) is 4.79 Å². The van der Waals surface area contributed by atoms with Crippen LogP contribution in [0.25, 0.3) is 22.2 Å². The number of nitrogens with zero attached hydrogens (tertiary/aromatic N) is 5. The highest BCUT2D eigenvalue weighted by atomic mass is 28.3. The summed E-state index contributed by atoms with van der Waals surface area (Å²) in [5.41, 5.74) is 3.88. The summed E-state index contributed by atoms with van der Waals surface area (Å²) in [5, 5.41) is 4.80. The molecule has 179 valence electrons. The highest BCUT2D eigenvalue weighted by molar-refractivity contribution is 6.76. The van der Waals surface area contributed by atoms with Crippen molar-refractivity contribution in [2.45, 2.75) is 57.7 Å². The smallest absolute Gasteiger partial charge is 0.293 e. The van der Waals surface area contributed by atoms with Crippen LogP contribution in [0, 0.1) is 0 Å². The van der Waals surface area contributed by atoms with Crippen molar-refractivity contribution in [3.63, 3.8) is 0 Å². The summed E-state index contributed by atoms with van der Waals surface area (Å²) in [5.74, 6) is 0. The van der Waals surface area contributed by atoms with E-state index in [0.29, 0.717) is 6.73 Å². The molecular formula is C24H34BN6O2Si. The quantitative estimate of drug-likeness (QED) is 0.270. The monoisotopic (exact) mass is 477 g/mol. The lowest BCUT2D eigenvalue weighted by Gasteiger charge is -2.24. The standard InChI is InChI=1S/C24H34BN6O2Si/c1-34(2,3)11-10-33-18-30-15-21(19-12-26-17-27-13-19)23-22(7-8-28-24(23)30)29-20-6-4-5-9-31(14-20)25-16-32/h7-8,12-13,15-17,20H,4-6,9-11,14,18H2,1-3H3,(H,28,29). The zero-order valence-corrected chi connectivity index (χ0v) is 21.4. The summed E-state index contributed by atoms with van der Waals surface area (Å²) in [7, 11) is 0.505. The molecule has 1 fully saturated rings. The highest BCUT2D eigenvalue weighted by Gasteiger charge is 2.22. The van der Waals surface area contributed by atoms with E-state index in [1.54, 1.807) is 13.7 Å². The molecule has 0 saturated carbocycles. The maximum absolute atomic E-state index is 11.0. The average Bonchev–Trinajstić information content (AvgIpc) is 3.04. The SMILES string of the molecule is C[Si](C)(C)CCOCn1cc(-c2cncnc2)c2c(NC3CCCCN([B]C=O)C3)ccnc21. The normalized spacial score (nSPS) is 17.4. The fourth-order valence-corrected chi connectivity index (χ4v) is 5.12. The third-order valence-corrected chi connectivity index (χ3v) is 7.89. The molecule has 4 heterocycles. The Hall–Kier alpha value is -2.56. The number of pyridine rings is 1. The van der Waals surface area contributed by atoms with Crippen molar-refractivity contribution >= 4 is 38.4 Å². The molecule has 8 nitrogen and oxygen atoms in total. The summed E-state index contributed by atoms with van der Waals surface area (Å²) in [4.78, 5) is 26.3. The second-order valence-corrected chi connectivity index (χ2v) is 15.8. The van der Waals surface area contributed by atoms with Crippen LogP contribution in [0.4, 0.5) is 5.69 Å². The van der Waals surface area contributed by atoms with Crippen LogP contribution in [-0.4, -0.2) is 71.7 Å². The van der Waals surface area contributed by atoms with E-state index < -0.39 is 8.07 Å². The van der Waals surface area contributed by atoms with Crippen LogP contribution in [0.15, 0.2) is 37.2 Å². The number of rotatable bonds is 10. The average molecular weight is 477 g/mol. The number of aromatic nitrogens is 4. The van der Waals surface area contributed by atoms with Gasteiger partial charge in [-0.25, -0.2) is 15.0 Å². The third kappa shape index (κ3) is 6.31. The first kappa shape index (κ1) is 24.6. The van der Waals surface area contributed by atoms with Gasteiger partial charge in [-0.15, -0.1) is 0 Å². The number of fused-ring (bicyclic) bond motifs is 1. The van der Waals surface area contributed by atoms with Gasteiger partial charge in [-0.3, -0.25) is 0 Å². The number of nitrogens with one attached hydrogen (secondary N) is 1. The molecule has 0 bridgehead atoms. The van der Waals surface area contributed by atoms with E-state index in [-0.39, 0.29) is 6.04 Å². The van der Waals surface area contributed by atoms with Crippen LogP contribution in [0.5, 0.6) is 0 Å². The fourth-order valence-electron chi connectivity index (χ4n) is 4.36. The lowest BCUT2D eigenvalue weighted by atomic mass is 9.94. The number of carbonyl (C=O) groups is 1. The molecule has 1 saturated heterocycles. The van der Waals surface area contributed by atoms with Crippen molar-refractivity contribution in [1.29, 1.82) is 0 Å². The fraction of sp³-hybridized carbons (Fsp3) is 0.500. The maximum atomic E-state index is 11.0. The van der Waals surface area contributed by atoms with Gasteiger partial charge in [0.05, 0.1) is 11.6 Å². The van der Waals surface area contributed by atoms with Crippen LogP contribution in [0.2, 0.25) is 25.7 Å². The largest absolute Gasteiger partial charge is 0.380 e. The third-order valence-electron chi connectivity index (χ3n) is 6.19. The Morgan fingerprint density at radius 1 is 1.26 bits per heavy atom. The summed E-state index contributed by atoms with van der Waals surface area (Å²) in [6, 6.07) is 3.40. The molecule has 1 aliphatic heterocycles. The molecule has 34 heavy (non-hydrogen) atoms. The molecule has 4 rings (SSSR count). The molecule has 0 amide bonds. The first-order valence-corrected chi connectivity index (χ1v) is 15.8. The number of ether oxygens (including phenoxy) is 1. The molecular weight excluding hydrogens is 443 g/mol. The Kier molecular flexibility index (Phi) is 8.12. The lowest BCUT2D eigenvalue weighted by Crippen LogP contribution is -2.38. The van der Waals surface area contributed by atoms with E-state index in [1.807, 2.05) is 24.7 Å². The van der Waals surface area contributed by atoms with Gasteiger partial charge >= 0.3 is 0 Å². The van der Waals surface area contributed by atoms with E-state index in [0.717, 1.165) is 79.0 Å². The molecule has 1 atom stereocenters. The van der Waals surface area contributed by atoms with Gasteiger partial charge in [-0.1, -0.05) is 26.1 Å². The topological polar surface area (TPSA) is 85.2 Å².